The highest BCUT2D eigenvalue weighted by Gasteiger charge is 2.63. The highest BCUT2D eigenvalue weighted by Crippen LogP contribution is 2.58. The van der Waals surface area contributed by atoms with E-state index in [4.69, 9.17) is 4.42 Å². The summed E-state index contributed by atoms with van der Waals surface area (Å²) in [5.74, 6) is -5.98. The molecule has 1 saturated carbocycles. The normalized spacial score (nSPS) is 27.4. The summed E-state index contributed by atoms with van der Waals surface area (Å²) in [6, 6.07) is 15.0. The number of nitrogens with zero attached hydrogens (tertiary/aromatic N) is 2. The van der Waals surface area contributed by atoms with Crippen LogP contribution in [0.5, 0.6) is 0 Å². The molecule has 3 aromatic rings. The zero-order chi connectivity index (χ0) is 31.7. The summed E-state index contributed by atoms with van der Waals surface area (Å²) in [6.07, 6.45) is 2.19. The highest BCUT2D eigenvalue weighted by molar-refractivity contribution is 6.59. The minimum Gasteiger partial charge on any atom is -0.463 e. The van der Waals surface area contributed by atoms with Crippen molar-refractivity contribution in [3.8, 4) is 0 Å². The third-order valence-corrected chi connectivity index (χ3v) is 9.65. The molecule has 2 saturated heterocycles. The monoisotopic (exact) mass is 610 g/mol. The Bertz CT molecular complexity index is 1770. The van der Waals surface area contributed by atoms with Gasteiger partial charge in [0.15, 0.2) is 0 Å². The molecule has 45 heavy (non-hydrogen) atoms. The SMILES string of the molecule is O=C1C2CC=C3C(CC4C(=O)N(c5cccc(B(O)O)c5)C(=O)C4C3c3ccc(CO)o3)C2C(=O)N1c1cccc(B(O)O)c1. The average molecular weight is 610 g/mol. The molecule has 6 atom stereocenters. The van der Waals surface area contributed by atoms with E-state index >= 15 is 0 Å². The quantitative estimate of drug-likeness (QED) is 0.134. The van der Waals surface area contributed by atoms with Crippen molar-refractivity contribution < 1.29 is 48.8 Å². The molecular formula is C31H28B2N2O10. The van der Waals surface area contributed by atoms with Crippen LogP contribution in [0.15, 0.2) is 76.7 Å². The van der Waals surface area contributed by atoms with Gasteiger partial charge in [-0.05, 0) is 66.1 Å². The number of amides is 4. The molecule has 4 amide bonds. The van der Waals surface area contributed by atoms with Crippen LogP contribution in [-0.2, 0) is 25.8 Å². The van der Waals surface area contributed by atoms with E-state index in [-0.39, 0.29) is 47.5 Å². The third kappa shape index (κ3) is 4.51. The molecule has 2 aromatic carbocycles. The van der Waals surface area contributed by atoms with Crippen LogP contribution in [0.3, 0.4) is 0 Å². The fourth-order valence-corrected chi connectivity index (χ4v) is 7.71. The van der Waals surface area contributed by atoms with Crippen molar-refractivity contribution in [1.29, 1.82) is 0 Å². The number of allylic oxidation sites excluding steroid dienone is 2. The zero-order valence-corrected chi connectivity index (χ0v) is 23.8. The van der Waals surface area contributed by atoms with E-state index in [9.17, 15) is 44.4 Å². The predicted molar refractivity (Wildman–Crippen MR) is 160 cm³/mol. The summed E-state index contributed by atoms with van der Waals surface area (Å²) in [5.41, 5.74) is 1.32. The first kappa shape index (κ1) is 29.4. The Morgan fingerprint density at radius 2 is 1.29 bits per heavy atom. The van der Waals surface area contributed by atoms with Gasteiger partial charge in [-0.1, -0.05) is 35.9 Å². The second-order valence-corrected chi connectivity index (χ2v) is 11.9. The Kier molecular flexibility index (Phi) is 7.14. The van der Waals surface area contributed by atoms with Crippen molar-refractivity contribution in [2.24, 2.45) is 29.6 Å². The van der Waals surface area contributed by atoms with Crippen LogP contribution >= 0.6 is 0 Å². The maximum absolute atomic E-state index is 14.1. The molecule has 6 unspecified atom stereocenters. The lowest BCUT2D eigenvalue weighted by Crippen LogP contribution is -2.43. The fraction of sp³-hybridized carbons (Fsp3) is 0.290. The van der Waals surface area contributed by atoms with Gasteiger partial charge in [0.05, 0.1) is 41.0 Å². The molecule has 0 radical (unpaired) electrons. The van der Waals surface area contributed by atoms with Gasteiger partial charge in [-0.25, -0.2) is 0 Å². The van der Waals surface area contributed by atoms with Gasteiger partial charge in [-0.15, -0.1) is 0 Å². The van der Waals surface area contributed by atoms with Crippen LogP contribution in [-0.4, -0.2) is 63.1 Å². The molecule has 1 aromatic heterocycles. The smallest absolute Gasteiger partial charge is 0.463 e. The molecule has 3 heterocycles. The van der Waals surface area contributed by atoms with Gasteiger partial charge in [0, 0.05) is 0 Å². The Balaban J connectivity index is 1.30. The maximum Gasteiger partial charge on any atom is 0.488 e. The van der Waals surface area contributed by atoms with Crippen molar-refractivity contribution in [1.82, 2.24) is 0 Å². The summed E-state index contributed by atoms with van der Waals surface area (Å²) in [5, 5.41) is 48.4. The average Bonchev–Trinajstić information content (AvgIpc) is 3.69. The van der Waals surface area contributed by atoms with E-state index in [1.807, 2.05) is 6.08 Å². The number of furan rings is 1. The molecular weight excluding hydrogens is 582 g/mol. The van der Waals surface area contributed by atoms with Gasteiger partial charge in [-0.3, -0.25) is 29.0 Å². The van der Waals surface area contributed by atoms with Crippen molar-refractivity contribution in [2.45, 2.75) is 25.4 Å². The number of imide groups is 2. The molecule has 3 fully saturated rings. The summed E-state index contributed by atoms with van der Waals surface area (Å²) >= 11 is 0. The number of benzene rings is 2. The molecule has 14 heteroatoms. The Labute approximate surface area is 257 Å². The Morgan fingerprint density at radius 3 is 1.84 bits per heavy atom. The maximum atomic E-state index is 14.1. The number of hydrogen-bond donors (Lipinski definition) is 5. The topological polar surface area (TPSA) is 189 Å². The van der Waals surface area contributed by atoms with E-state index in [1.165, 1.54) is 42.5 Å². The minimum atomic E-state index is -1.81. The molecule has 2 aliphatic carbocycles. The van der Waals surface area contributed by atoms with Gasteiger partial charge in [0.1, 0.15) is 18.1 Å². The first-order chi connectivity index (χ1) is 21.6. The van der Waals surface area contributed by atoms with Gasteiger partial charge < -0.3 is 29.6 Å². The van der Waals surface area contributed by atoms with Crippen LogP contribution in [0.4, 0.5) is 11.4 Å². The van der Waals surface area contributed by atoms with Gasteiger partial charge >= 0.3 is 14.2 Å². The molecule has 228 valence electrons. The summed E-state index contributed by atoms with van der Waals surface area (Å²) in [4.78, 5) is 58.1. The Morgan fingerprint density at radius 1 is 0.711 bits per heavy atom. The third-order valence-electron chi connectivity index (χ3n) is 9.65. The van der Waals surface area contributed by atoms with E-state index in [2.05, 4.69) is 0 Å². The second kappa shape index (κ2) is 10.9. The van der Waals surface area contributed by atoms with E-state index in [0.29, 0.717) is 11.3 Å². The van der Waals surface area contributed by atoms with Gasteiger partial charge in [0.25, 0.3) is 0 Å². The largest absolute Gasteiger partial charge is 0.488 e. The van der Waals surface area contributed by atoms with E-state index < -0.39 is 73.4 Å². The van der Waals surface area contributed by atoms with Crippen LogP contribution in [0, 0.1) is 29.6 Å². The van der Waals surface area contributed by atoms with E-state index in [0.717, 1.165) is 9.80 Å². The molecule has 2 aliphatic heterocycles. The molecule has 5 N–H and O–H groups in total. The van der Waals surface area contributed by atoms with Crippen LogP contribution in [0.25, 0.3) is 0 Å². The van der Waals surface area contributed by atoms with Crippen molar-refractivity contribution in [2.75, 3.05) is 9.80 Å². The number of anilines is 2. The Hall–Kier alpha value is -4.33. The van der Waals surface area contributed by atoms with Crippen LogP contribution in [0.2, 0.25) is 0 Å². The molecule has 7 rings (SSSR count). The van der Waals surface area contributed by atoms with Crippen molar-refractivity contribution >= 4 is 60.2 Å². The second-order valence-electron chi connectivity index (χ2n) is 11.9. The van der Waals surface area contributed by atoms with Crippen molar-refractivity contribution in [3.63, 3.8) is 0 Å². The lowest BCUT2D eigenvalue weighted by Gasteiger charge is -2.43. The number of fused-ring (bicyclic) bond motifs is 4. The summed E-state index contributed by atoms with van der Waals surface area (Å²) in [7, 11) is -3.61. The summed E-state index contributed by atoms with van der Waals surface area (Å²) < 4.78 is 5.94. The number of carbonyl (C=O) groups excluding carboxylic acids is 4. The minimum absolute atomic E-state index is 0.102. The van der Waals surface area contributed by atoms with Crippen LogP contribution in [0.1, 0.15) is 30.3 Å². The fourth-order valence-electron chi connectivity index (χ4n) is 7.71. The first-order valence-electron chi connectivity index (χ1n) is 14.7. The summed E-state index contributed by atoms with van der Waals surface area (Å²) in [6.45, 7) is -0.382. The first-order valence-corrected chi connectivity index (χ1v) is 14.7. The molecule has 0 bridgehead atoms. The van der Waals surface area contributed by atoms with Gasteiger partial charge in [0.2, 0.25) is 23.6 Å². The number of rotatable bonds is 6. The molecule has 0 spiro atoms. The lowest BCUT2D eigenvalue weighted by atomic mass is 9.58. The number of aliphatic hydroxyl groups excluding tert-OH is 1. The molecule has 12 nitrogen and oxygen atoms in total. The van der Waals surface area contributed by atoms with Crippen LogP contribution < -0.4 is 20.7 Å². The van der Waals surface area contributed by atoms with Crippen molar-refractivity contribution in [3.05, 3.63) is 83.8 Å². The standard InChI is InChI=1S/C31H28B2N2O10/c36-14-19-7-10-24(45-19)26-20-8-9-21-25(30(39)34(28(21)37)17-5-1-3-15(11-17)32(41)42)22(20)13-23-27(26)31(40)35(29(23)38)18-6-2-4-16(12-18)33(43)44/h1-8,10-12,21-23,25-27,36,41-44H,9,13-14H2. The van der Waals surface area contributed by atoms with E-state index in [1.54, 1.807) is 18.2 Å². The molecule has 4 aliphatic rings. The zero-order valence-electron chi connectivity index (χ0n) is 23.8. The predicted octanol–water partition coefficient (Wildman–Crippen LogP) is -0.823. The lowest BCUT2D eigenvalue weighted by molar-refractivity contribution is -0.126. The van der Waals surface area contributed by atoms with Gasteiger partial charge in [-0.2, -0.15) is 0 Å². The highest BCUT2D eigenvalue weighted by atomic mass is 16.4. The number of hydrogen-bond acceptors (Lipinski definition) is 10. The number of aliphatic hydroxyl groups is 1. The number of carbonyl (C=O) groups is 4.